The van der Waals surface area contributed by atoms with E-state index in [0.717, 1.165) is 13.1 Å². The SMILES string of the molecule is CCCSNCCN. The first-order chi connectivity index (χ1) is 3.91. The molecule has 0 aliphatic rings. The fourth-order valence-electron chi connectivity index (χ4n) is 0.305. The molecule has 0 aromatic heterocycles. The van der Waals surface area contributed by atoms with Crippen LogP contribution in [0.25, 0.3) is 0 Å². The van der Waals surface area contributed by atoms with Crippen LogP contribution in [0.5, 0.6) is 0 Å². The van der Waals surface area contributed by atoms with E-state index in [0.29, 0.717) is 0 Å². The molecule has 3 heteroatoms. The van der Waals surface area contributed by atoms with Crippen molar-refractivity contribution < 1.29 is 0 Å². The summed E-state index contributed by atoms with van der Waals surface area (Å²) in [6.07, 6.45) is 1.22. The van der Waals surface area contributed by atoms with Gasteiger partial charge in [0, 0.05) is 18.8 Å². The molecule has 0 amide bonds. The van der Waals surface area contributed by atoms with Gasteiger partial charge in [-0.05, 0) is 6.42 Å². The molecule has 2 nitrogen and oxygen atoms in total. The molecule has 8 heavy (non-hydrogen) atoms. The molecule has 0 aromatic rings. The predicted octanol–water partition coefficient (Wildman–Crippen LogP) is 0.593. The number of nitrogens with one attached hydrogen (secondary N) is 1. The van der Waals surface area contributed by atoms with Crippen LogP contribution in [0.4, 0.5) is 0 Å². The molecule has 0 saturated carbocycles. The minimum atomic E-state index is 0.733. The van der Waals surface area contributed by atoms with Gasteiger partial charge < -0.3 is 5.73 Å². The summed E-state index contributed by atoms with van der Waals surface area (Å²) in [4.78, 5) is 0. The van der Waals surface area contributed by atoms with Crippen molar-refractivity contribution in [2.45, 2.75) is 13.3 Å². The average molecular weight is 134 g/mol. The normalized spacial score (nSPS) is 9.75. The minimum Gasteiger partial charge on any atom is -0.329 e. The summed E-state index contributed by atoms with van der Waals surface area (Å²) < 4.78 is 3.13. The molecule has 3 N–H and O–H groups in total. The van der Waals surface area contributed by atoms with E-state index in [9.17, 15) is 0 Å². The van der Waals surface area contributed by atoms with E-state index in [1.807, 2.05) is 0 Å². The smallest absolute Gasteiger partial charge is 0.0182 e. The van der Waals surface area contributed by atoms with Crippen molar-refractivity contribution in [2.75, 3.05) is 18.8 Å². The lowest BCUT2D eigenvalue weighted by Crippen LogP contribution is -2.16. The Balaban J connectivity index is 2.53. The second kappa shape index (κ2) is 7.27. The zero-order valence-corrected chi connectivity index (χ0v) is 6.13. The van der Waals surface area contributed by atoms with E-state index in [1.54, 1.807) is 11.9 Å². The first-order valence-electron chi connectivity index (χ1n) is 2.96. The Morgan fingerprint density at radius 3 is 2.88 bits per heavy atom. The van der Waals surface area contributed by atoms with E-state index < -0.39 is 0 Å². The fourth-order valence-corrected chi connectivity index (χ4v) is 0.916. The van der Waals surface area contributed by atoms with Crippen molar-refractivity contribution in [3.8, 4) is 0 Å². The van der Waals surface area contributed by atoms with Gasteiger partial charge in [-0.25, -0.2) is 0 Å². The fraction of sp³-hybridized carbons (Fsp3) is 1.00. The Morgan fingerprint density at radius 2 is 2.38 bits per heavy atom. The highest BCUT2D eigenvalue weighted by Crippen LogP contribution is 1.92. The van der Waals surface area contributed by atoms with Crippen LogP contribution in [0, 0.1) is 0 Å². The zero-order chi connectivity index (χ0) is 6.24. The summed E-state index contributed by atoms with van der Waals surface area (Å²) in [5.41, 5.74) is 5.23. The summed E-state index contributed by atoms with van der Waals surface area (Å²) >= 11 is 1.75. The van der Waals surface area contributed by atoms with E-state index in [2.05, 4.69) is 11.6 Å². The number of hydrogen-bond acceptors (Lipinski definition) is 3. The largest absolute Gasteiger partial charge is 0.329 e. The standard InChI is InChI=1S/C5H14N2S/c1-2-5-8-7-4-3-6/h7H,2-6H2,1H3. The highest BCUT2D eigenvalue weighted by atomic mass is 32.2. The van der Waals surface area contributed by atoms with Crippen molar-refractivity contribution in [3.05, 3.63) is 0 Å². The first-order valence-corrected chi connectivity index (χ1v) is 3.95. The Kier molecular flexibility index (Phi) is 7.52. The van der Waals surface area contributed by atoms with Gasteiger partial charge >= 0.3 is 0 Å². The van der Waals surface area contributed by atoms with Crippen LogP contribution in [0.15, 0.2) is 0 Å². The number of nitrogens with two attached hydrogens (primary N) is 1. The Labute approximate surface area is 55.3 Å². The molecule has 0 saturated heterocycles. The maximum Gasteiger partial charge on any atom is 0.0182 e. The van der Waals surface area contributed by atoms with Crippen molar-refractivity contribution >= 4 is 11.9 Å². The lowest BCUT2D eigenvalue weighted by Gasteiger charge is -1.97. The van der Waals surface area contributed by atoms with Gasteiger partial charge in [-0.2, -0.15) is 0 Å². The quantitative estimate of drug-likeness (QED) is 0.427. The van der Waals surface area contributed by atoms with Gasteiger partial charge in [0.1, 0.15) is 0 Å². The topological polar surface area (TPSA) is 38.0 Å². The van der Waals surface area contributed by atoms with Crippen molar-refractivity contribution in [1.82, 2.24) is 4.72 Å². The summed E-state index contributed by atoms with van der Waals surface area (Å²) in [5, 5.41) is 0. The van der Waals surface area contributed by atoms with Crippen LogP contribution in [0.3, 0.4) is 0 Å². The first kappa shape index (κ1) is 8.27. The van der Waals surface area contributed by atoms with Gasteiger partial charge in [0.05, 0.1) is 0 Å². The van der Waals surface area contributed by atoms with Crippen LogP contribution in [0.1, 0.15) is 13.3 Å². The molecule has 0 atom stereocenters. The monoisotopic (exact) mass is 134 g/mol. The third-order valence-corrected chi connectivity index (χ3v) is 1.68. The molecule has 0 unspecified atom stereocenters. The maximum atomic E-state index is 5.23. The van der Waals surface area contributed by atoms with Gasteiger partial charge in [-0.1, -0.05) is 18.9 Å². The van der Waals surface area contributed by atoms with Crippen LogP contribution >= 0.6 is 11.9 Å². The third-order valence-electron chi connectivity index (χ3n) is 0.655. The summed E-state index contributed by atoms with van der Waals surface area (Å²) in [6, 6.07) is 0. The molecule has 0 aliphatic carbocycles. The van der Waals surface area contributed by atoms with Crippen molar-refractivity contribution in [3.63, 3.8) is 0 Å². The molecule has 0 bridgehead atoms. The molecular formula is C5H14N2S. The maximum absolute atomic E-state index is 5.23. The van der Waals surface area contributed by atoms with Crippen molar-refractivity contribution in [2.24, 2.45) is 5.73 Å². The van der Waals surface area contributed by atoms with Crippen LogP contribution < -0.4 is 10.5 Å². The Morgan fingerprint density at radius 1 is 1.62 bits per heavy atom. The lowest BCUT2D eigenvalue weighted by atomic mass is 10.6. The molecular weight excluding hydrogens is 120 g/mol. The van der Waals surface area contributed by atoms with Gasteiger partial charge in [0.25, 0.3) is 0 Å². The molecule has 0 aromatic carbocycles. The van der Waals surface area contributed by atoms with E-state index >= 15 is 0 Å². The van der Waals surface area contributed by atoms with Crippen LogP contribution in [0.2, 0.25) is 0 Å². The second-order valence-corrected chi connectivity index (χ2v) is 2.52. The summed E-state index contributed by atoms with van der Waals surface area (Å²) in [7, 11) is 0. The van der Waals surface area contributed by atoms with Gasteiger partial charge in [0.2, 0.25) is 0 Å². The molecule has 50 valence electrons. The number of rotatable bonds is 5. The van der Waals surface area contributed by atoms with E-state index in [1.165, 1.54) is 12.2 Å². The zero-order valence-electron chi connectivity index (χ0n) is 5.31. The lowest BCUT2D eigenvalue weighted by molar-refractivity contribution is 0.914. The summed E-state index contributed by atoms with van der Waals surface area (Å²) in [6.45, 7) is 3.82. The van der Waals surface area contributed by atoms with E-state index in [4.69, 9.17) is 5.73 Å². The molecule has 0 heterocycles. The molecule has 0 radical (unpaired) electrons. The number of hydrogen-bond donors (Lipinski definition) is 2. The van der Waals surface area contributed by atoms with Gasteiger partial charge in [-0.15, -0.1) is 0 Å². The predicted molar refractivity (Wildman–Crippen MR) is 39.8 cm³/mol. The highest BCUT2D eigenvalue weighted by Gasteiger charge is 1.81. The van der Waals surface area contributed by atoms with Crippen LogP contribution in [-0.2, 0) is 0 Å². The van der Waals surface area contributed by atoms with Gasteiger partial charge in [0.15, 0.2) is 0 Å². The van der Waals surface area contributed by atoms with Gasteiger partial charge in [-0.3, -0.25) is 4.72 Å². The van der Waals surface area contributed by atoms with Crippen LogP contribution in [-0.4, -0.2) is 18.8 Å². The molecule has 0 aliphatic heterocycles. The minimum absolute atomic E-state index is 0.733. The Bertz CT molecular complexity index is 35.4. The molecule has 0 spiro atoms. The molecule has 0 fully saturated rings. The summed E-state index contributed by atoms with van der Waals surface area (Å²) in [5.74, 6) is 1.18. The highest BCUT2D eigenvalue weighted by molar-refractivity contribution is 7.97. The molecule has 0 rings (SSSR count). The Hall–Kier alpha value is 0.270. The third kappa shape index (κ3) is 6.27. The average Bonchev–Trinajstić information content (AvgIpc) is 1.81. The van der Waals surface area contributed by atoms with E-state index in [-0.39, 0.29) is 0 Å². The second-order valence-electron chi connectivity index (χ2n) is 1.53. The van der Waals surface area contributed by atoms with Crippen molar-refractivity contribution in [1.29, 1.82) is 0 Å².